The van der Waals surface area contributed by atoms with Crippen molar-refractivity contribution < 1.29 is 9.53 Å². The molecule has 1 aromatic rings. The smallest absolute Gasteiger partial charge is 0.182 e. The predicted molar refractivity (Wildman–Crippen MR) is 140 cm³/mol. The van der Waals surface area contributed by atoms with Gasteiger partial charge in [0.25, 0.3) is 0 Å². The van der Waals surface area contributed by atoms with Gasteiger partial charge in [-0.05, 0) is 88.3 Å². The first-order valence-electron chi connectivity index (χ1n) is 12.9. The predicted octanol–water partition coefficient (Wildman–Crippen LogP) is 6.41. The van der Waals surface area contributed by atoms with Gasteiger partial charge in [0.05, 0.1) is 0 Å². The number of carbonyl (C=O) groups excluding carboxylic acids is 1. The molecule has 0 aromatic heterocycles. The molecule has 0 amide bonds. The Kier molecular flexibility index (Phi) is 7.35. The molecule has 1 saturated heterocycles. The summed E-state index contributed by atoms with van der Waals surface area (Å²) in [5, 5.41) is 3.73. The van der Waals surface area contributed by atoms with Crippen molar-refractivity contribution in [2.75, 3.05) is 13.1 Å². The van der Waals surface area contributed by atoms with Crippen molar-refractivity contribution in [1.29, 1.82) is 0 Å². The van der Waals surface area contributed by atoms with E-state index in [2.05, 4.69) is 74.0 Å². The van der Waals surface area contributed by atoms with Crippen molar-refractivity contribution in [3.05, 3.63) is 77.4 Å². The fourth-order valence-corrected chi connectivity index (χ4v) is 5.19. The normalized spacial score (nSPS) is 22.4. The molecule has 4 nitrogen and oxygen atoms in total. The number of nitrogens with zero attached hydrogens (tertiary/aromatic N) is 1. The van der Waals surface area contributed by atoms with Crippen LogP contribution in [0.5, 0.6) is 0 Å². The number of benzene rings is 1. The van der Waals surface area contributed by atoms with E-state index in [0.717, 1.165) is 56.6 Å². The highest BCUT2D eigenvalue weighted by Gasteiger charge is 2.27. The summed E-state index contributed by atoms with van der Waals surface area (Å²) in [4.78, 5) is 14.4. The Labute approximate surface area is 205 Å². The second kappa shape index (κ2) is 10.2. The molecule has 34 heavy (non-hydrogen) atoms. The van der Waals surface area contributed by atoms with Gasteiger partial charge in [-0.15, -0.1) is 0 Å². The van der Waals surface area contributed by atoms with Crippen LogP contribution in [0.2, 0.25) is 0 Å². The minimum absolute atomic E-state index is 0.218. The van der Waals surface area contributed by atoms with Gasteiger partial charge in [0.2, 0.25) is 0 Å². The number of rotatable bonds is 7. The first-order chi connectivity index (χ1) is 16.2. The highest BCUT2D eigenvalue weighted by molar-refractivity contribution is 5.96. The van der Waals surface area contributed by atoms with E-state index in [0.29, 0.717) is 18.4 Å². The maximum Gasteiger partial charge on any atom is 0.182 e. The van der Waals surface area contributed by atoms with Crippen LogP contribution in [0.15, 0.2) is 60.7 Å². The Morgan fingerprint density at radius 2 is 2.09 bits per heavy atom. The summed E-state index contributed by atoms with van der Waals surface area (Å²) in [7, 11) is 0. The number of hydrogen-bond donors (Lipinski definition) is 1. The van der Waals surface area contributed by atoms with Crippen molar-refractivity contribution >= 4 is 11.4 Å². The highest BCUT2D eigenvalue weighted by Crippen LogP contribution is 2.36. The molecule has 2 atom stereocenters. The molecule has 0 bridgehead atoms. The highest BCUT2D eigenvalue weighted by atomic mass is 16.5. The van der Waals surface area contributed by atoms with E-state index in [9.17, 15) is 4.79 Å². The maximum atomic E-state index is 12.2. The van der Waals surface area contributed by atoms with E-state index in [4.69, 9.17) is 4.74 Å². The van der Waals surface area contributed by atoms with Crippen LogP contribution < -0.4 is 5.32 Å². The standard InChI is InChI=1S/C30H40N2O2/c1-6-29(33)24-13-16-28-23(19-24)9-7-8-10-27(28)22-11-14-25(15-12-22)31-26-17-18-32(20-26)21(2)34-30(3,4)5/h10-11,13-16,19,22,26,31H,2,6-9,12,17-18,20H2,1,3-5H3. The molecule has 182 valence electrons. The maximum absolute atomic E-state index is 12.2. The Morgan fingerprint density at radius 1 is 1.26 bits per heavy atom. The van der Waals surface area contributed by atoms with Crippen molar-refractivity contribution in [3.63, 3.8) is 0 Å². The molecule has 1 aliphatic heterocycles. The number of fused-ring (bicyclic) bond motifs is 1. The molecule has 1 heterocycles. The Hall–Kier alpha value is -2.75. The number of aryl methyl sites for hydroxylation is 1. The van der Waals surface area contributed by atoms with E-state index in [1.807, 2.05) is 13.0 Å². The molecule has 0 radical (unpaired) electrons. The third-order valence-corrected chi connectivity index (χ3v) is 6.91. The van der Waals surface area contributed by atoms with Crippen LogP contribution in [0.25, 0.3) is 5.57 Å². The van der Waals surface area contributed by atoms with Crippen LogP contribution in [0.1, 0.15) is 81.3 Å². The summed E-state index contributed by atoms with van der Waals surface area (Å²) in [5.41, 5.74) is 5.92. The van der Waals surface area contributed by atoms with E-state index in [-0.39, 0.29) is 11.4 Å². The second-order valence-corrected chi connectivity index (χ2v) is 10.7. The Balaban J connectivity index is 1.38. The largest absolute Gasteiger partial charge is 0.474 e. The number of ether oxygens (including phenoxy) is 1. The molecular formula is C30H40N2O2. The average Bonchev–Trinajstić information content (AvgIpc) is 3.17. The zero-order valence-corrected chi connectivity index (χ0v) is 21.3. The van der Waals surface area contributed by atoms with E-state index in [1.165, 1.54) is 22.4 Å². The molecule has 1 aromatic carbocycles. The average molecular weight is 461 g/mol. The van der Waals surface area contributed by atoms with Crippen LogP contribution in [0.3, 0.4) is 0 Å². The van der Waals surface area contributed by atoms with Gasteiger partial charge >= 0.3 is 0 Å². The SMILES string of the molecule is C=C(OC(C)(C)C)N1CCC(NC2=CCC(C3=CCCCc4cc(C(=O)CC)ccc43)C=C2)C1. The molecule has 1 N–H and O–H groups in total. The van der Waals surface area contributed by atoms with Crippen LogP contribution in [-0.2, 0) is 11.2 Å². The minimum Gasteiger partial charge on any atom is -0.474 e. The first-order valence-corrected chi connectivity index (χ1v) is 12.9. The van der Waals surface area contributed by atoms with Crippen LogP contribution in [-0.4, -0.2) is 35.4 Å². The number of nitrogens with one attached hydrogen (secondary N) is 1. The fourth-order valence-electron chi connectivity index (χ4n) is 5.19. The molecule has 4 heteroatoms. The van der Waals surface area contributed by atoms with Crippen molar-refractivity contribution in [2.24, 2.45) is 5.92 Å². The monoisotopic (exact) mass is 460 g/mol. The van der Waals surface area contributed by atoms with E-state index >= 15 is 0 Å². The molecule has 2 unspecified atom stereocenters. The summed E-state index contributed by atoms with van der Waals surface area (Å²) in [6.45, 7) is 14.1. The quantitative estimate of drug-likeness (QED) is 0.377. The molecule has 1 fully saturated rings. The lowest BCUT2D eigenvalue weighted by Crippen LogP contribution is -2.33. The zero-order chi connectivity index (χ0) is 24.3. The molecular weight excluding hydrogens is 420 g/mol. The molecule has 4 rings (SSSR count). The van der Waals surface area contributed by atoms with Crippen molar-refractivity contribution in [1.82, 2.24) is 10.2 Å². The number of carbonyl (C=O) groups is 1. The lowest BCUT2D eigenvalue weighted by molar-refractivity contribution is 0.00848. The number of ketones is 1. The van der Waals surface area contributed by atoms with Gasteiger partial charge in [-0.2, -0.15) is 0 Å². The summed E-state index contributed by atoms with van der Waals surface area (Å²) in [6.07, 6.45) is 15.3. The van der Waals surface area contributed by atoms with Crippen molar-refractivity contribution in [3.8, 4) is 0 Å². The van der Waals surface area contributed by atoms with Gasteiger partial charge in [-0.25, -0.2) is 0 Å². The number of allylic oxidation sites excluding steroid dienone is 5. The first kappa shape index (κ1) is 24.4. The molecule has 3 aliphatic rings. The Bertz CT molecular complexity index is 1020. The summed E-state index contributed by atoms with van der Waals surface area (Å²) in [6, 6.07) is 6.74. The third-order valence-electron chi connectivity index (χ3n) is 6.91. The lowest BCUT2D eigenvalue weighted by Gasteiger charge is -2.29. The lowest BCUT2D eigenvalue weighted by atomic mass is 9.84. The number of Topliss-reactive ketones (excluding diaryl/α,β-unsaturated/α-hetero) is 1. The van der Waals surface area contributed by atoms with Crippen LogP contribution >= 0.6 is 0 Å². The summed E-state index contributed by atoms with van der Waals surface area (Å²) < 4.78 is 5.96. The summed E-state index contributed by atoms with van der Waals surface area (Å²) in [5.74, 6) is 1.38. The van der Waals surface area contributed by atoms with Gasteiger partial charge < -0.3 is 15.0 Å². The van der Waals surface area contributed by atoms with E-state index in [1.54, 1.807) is 0 Å². The second-order valence-electron chi connectivity index (χ2n) is 10.7. The fraction of sp³-hybridized carbons (Fsp3) is 0.500. The van der Waals surface area contributed by atoms with E-state index < -0.39 is 0 Å². The zero-order valence-electron chi connectivity index (χ0n) is 21.3. The van der Waals surface area contributed by atoms with Gasteiger partial charge in [-0.3, -0.25) is 4.79 Å². The molecule has 0 saturated carbocycles. The number of likely N-dealkylation sites (tertiary alicyclic amines) is 1. The van der Waals surface area contributed by atoms with Gasteiger partial charge in [0.1, 0.15) is 5.60 Å². The third kappa shape index (κ3) is 5.84. The Morgan fingerprint density at radius 3 is 2.79 bits per heavy atom. The number of hydrogen-bond acceptors (Lipinski definition) is 4. The minimum atomic E-state index is -0.218. The topological polar surface area (TPSA) is 41.6 Å². The molecule has 0 spiro atoms. The van der Waals surface area contributed by atoms with Crippen LogP contribution in [0, 0.1) is 5.92 Å². The van der Waals surface area contributed by atoms with Gasteiger partial charge in [0, 0.05) is 42.7 Å². The van der Waals surface area contributed by atoms with Gasteiger partial charge in [-0.1, -0.05) is 37.3 Å². The molecule has 2 aliphatic carbocycles. The summed E-state index contributed by atoms with van der Waals surface area (Å²) >= 11 is 0. The van der Waals surface area contributed by atoms with Gasteiger partial charge in [0.15, 0.2) is 11.7 Å². The van der Waals surface area contributed by atoms with Crippen LogP contribution in [0.4, 0.5) is 0 Å². The van der Waals surface area contributed by atoms with Crippen molar-refractivity contribution in [2.45, 2.75) is 77.9 Å².